The molecule has 2 aromatic rings. The van der Waals surface area contributed by atoms with Gasteiger partial charge in [-0.15, -0.1) is 0 Å². The standard InChI is InChI=1S/C29H34N2O7/c1-5-24(32)21-12-8-19(9-13-21)20-10-14-22(15-11-20)25(33)17-38-28(35)23-7-6-16-31(23)27(34)26(18(2)3)30-29(36)37-4/h8-15,18,23,26H,5-7,16-17H2,1-4H3,(H,30,36). The van der Waals surface area contributed by atoms with E-state index in [1.807, 2.05) is 19.1 Å². The van der Waals surface area contributed by atoms with Crippen LogP contribution in [0.25, 0.3) is 11.1 Å². The molecule has 1 heterocycles. The van der Waals surface area contributed by atoms with Crippen molar-refractivity contribution in [3.63, 3.8) is 0 Å². The molecule has 2 atom stereocenters. The minimum absolute atomic E-state index is 0.0785. The van der Waals surface area contributed by atoms with Gasteiger partial charge in [-0.3, -0.25) is 14.4 Å². The maximum Gasteiger partial charge on any atom is 0.407 e. The highest BCUT2D eigenvalue weighted by molar-refractivity contribution is 5.99. The molecular formula is C29H34N2O7. The minimum Gasteiger partial charge on any atom is -0.456 e. The summed E-state index contributed by atoms with van der Waals surface area (Å²) >= 11 is 0. The van der Waals surface area contributed by atoms with Gasteiger partial charge in [0, 0.05) is 24.1 Å². The molecular weight excluding hydrogens is 488 g/mol. The summed E-state index contributed by atoms with van der Waals surface area (Å²) in [5.74, 6) is -1.55. The summed E-state index contributed by atoms with van der Waals surface area (Å²) in [7, 11) is 1.21. The first kappa shape index (κ1) is 28.6. The van der Waals surface area contributed by atoms with Gasteiger partial charge in [-0.25, -0.2) is 9.59 Å². The summed E-state index contributed by atoms with van der Waals surface area (Å²) in [5.41, 5.74) is 2.84. The molecule has 2 amide bonds. The van der Waals surface area contributed by atoms with E-state index in [9.17, 15) is 24.0 Å². The van der Waals surface area contributed by atoms with Crippen LogP contribution in [0.4, 0.5) is 4.79 Å². The number of ether oxygens (including phenoxy) is 2. The first-order valence-electron chi connectivity index (χ1n) is 12.7. The number of hydrogen-bond donors (Lipinski definition) is 1. The lowest BCUT2D eigenvalue weighted by Gasteiger charge is -2.29. The molecule has 38 heavy (non-hydrogen) atoms. The molecule has 0 saturated carbocycles. The van der Waals surface area contributed by atoms with E-state index < -0.39 is 30.8 Å². The van der Waals surface area contributed by atoms with Crippen molar-refractivity contribution in [3.8, 4) is 11.1 Å². The van der Waals surface area contributed by atoms with Crippen LogP contribution < -0.4 is 5.32 Å². The summed E-state index contributed by atoms with van der Waals surface area (Å²) in [4.78, 5) is 63.5. The van der Waals surface area contributed by atoms with E-state index in [1.54, 1.807) is 50.2 Å². The number of alkyl carbamates (subject to hydrolysis) is 1. The minimum atomic E-state index is -0.848. The second-order valence-electron chi connectivity index (χ2n) is 9.51. The number of nitrogens with one attached hydrogen (secondary N) is 1. The highest BCUT2D eigenvalue weighted by Crippen LogP contribution is 2.23. The van der Waals surface area contributed by atoms with Crippen LogP contribution in [0.3, 0.4) is 0 Å². The van der Waals surface area contributed by atoms with Crippen LogP contribution in [0.2, 0.25) is 0 Å². The zero-order chi connectivity index (χ0) is 27.8. The number of esters is 1. The predicted molar refractivity (Wildman–Crippen MR) is 141 cm³/mol. The molecule has 1 fully saturated rings. The number of carbonyl (C=O) groups excluding carboxylic acids is 5. The van der Waals surface area contributed by atoms with Crippen molar-refractivity contribution >= 4 is 29.5 Å². The van der Waals surface area contributed by atoms with Gasteiger partial charge in [0.15, 0.2) is 18.2 Å². The number of likely N-dealkylation sites (tertiary alicyclic amines) is 1. The van der Waals surface area contributed by atoms with Gasteiger partial charge in [0.25, 0.3) is 0 Å². The number of methoxy groups -OCH3 is 1. The molecule has 3 rings (SSSR count). The van der Waals surface area contributed by atoms with Crippen molar-refractivity contribution in [2.45, 2.75) is 52.1 Å². The Morgan fingerprint density at radius 2 is 1.47 bits per heavy atom. The summed E-state index contributed by atoms with van der Waals surface area (Å²) in [6, 6.07) is 12.5. The first-order valence-corrected chi connectivity index (χ1v) is 12.7. The van der Waals surface area contributed by atoms with E-state index in [0.717, 1.165) is 11.1 Å². The molecule has 202 valence electrons. The number of Topliss-reactive ketones (excluding diaryl/α,β-unsaturated/α-hetero) is 2. The number of amides is 2. The van der Waals surface area contributed by atoms with E-state index >= 15 is 0 Å². The Morgan fingerprint density at radius 3 is 1.97 bits per heavy atom. The van der Waals surface area contributed by atoms with Crippen LogP contribution in [-0.4, -0.2) is 66.8 Å². The van der Waals surface area contributed by atoms with E-state index in [0.29, 0.717) is 36.9 Å². The Bertz CT molecular complexity index is 1170. The second-order valence-corrected chi connectivity index (χ2v) is 9.51. The molecule has 1 saturated heterocycles. The molecule has 9 nitrogen and oxygen atoms in total. The second kappa shape index (κ2) is 13.0. The molecule has 1 aliphatic rings. The Hall–Kier alpha value is -4.01. The lowest BCUT2D eigenvalue weighted by Crippen LogP contribution is -2.54. The number of rotatable bonds is 10. The lowest BCUT2D eigenvalue weighted by molar-refractivity contribution is -0.153. The smallest absolute Gasteiger partial charge is 0.407 e. The van der Waals surface area contributed by atoms with Gasteiger partial charge in [-0.05, 0) is 29.9 Å². The lowest BCUT2D eigenvalue weighted by atomic mass is 10.00. The number of nitrogens with zero attached hydrogens (tertiary/aromatic N) is 1. The maximum absolute atomic E-state index is 13.1. The van der Waals surface area contributed by atoms with E-state index in [-0.39, 0.29) is 23.4 Å². The molecule has 2 aromatic carbocycles. The summed E-state index contributed by atoms with van der Waals surface area (Å²) < 4.78 is 9.91. The molecule has 0 aromatic heterocycles. The Kier molecular flexibility index (Phi) is 9.76. The fourth-order valence-corrected chi connectivity index (χ4v) is 4.37. The average molecular weight is 523 g/mol. The quantitative estimate of drug-likeness (QED) is 0.369. The van der Waals surface area contributed by atoms with Crippen molar-refractivity contribution < 1.29 is 33.4 Å². The van der Waals surface area contributed by atoms with E-state index in [4.69, 9.17) is 4.74 Å². The van der Waals surface area contributed by atoms with E-state index in [2.05, 4.69) is 10.1 Å². The highest BCUT2D eigenvalue weighted by Gasteiger charge is 2.39. The van der Waals surface area contributed by atoms with Crippen molar-refractivity contribution in [3.05, 3.63) is 59.7 Å². The largest absolute Gasteiger partial charge is 0.456 e. The number of hydrogen-bond acceptors (Lipinski definition) is 7. The topological polar surface area (TPSA) is 119 Å². The van der Waals surface area contributed by atoms with Crippen LogP contribution in [-0.2, 0) is 19.1 Å². The van der Waals surface area contributed by atoms with Gasteiger partial charge in [0.2, 0.25) is 5.91 Å². The first-order chi connectivity index (χ1) is 18.2. The molecule has 9 heteroatoms. The van der Waals surface area contributed by atoms with Crippen LogP contribution >= 0.6 is 0 Å². The highest BCUT2D eigenvalue weighted by atomic mass is 16.5. The van der Waals surface area contributed by atoms with Crippen LogP contribution in [0.5, 0.6) is 0 Å². The van der Waals surface area contributed by atoms with Gasteiger partial charge >= 0.3 is 12.1 Å². The van der Waals surface area contributed by atoms with Crippen molar-refractivity contribution in [1.82, 2.24) is 10.2 Å². The van der Waals surface area contributed by atoms with Crippen LogP contribution in [0, 0.1) is 5.92 Å². The van der Waals surface area contributed by atoms with Crippen LogP contribution in [0.15, 0.2) is 48.5 Å². The van der Waals surface area contributed by atoms with E-state index in [1.165, 1.54) is 12.0 Å². The zero-order valence-electron chi connectivity index (χ0n) is 22.2. The third-order valence-corrected chi connectivity index (χ3v) is 6.61. The Balaban J connectivity index is 1.59. The van der Waals surface area contributed by atoms with Gasteiger partial charge in [-0.1, -0.05) is 69.3 Å². The summed E-state index contributed by atoms with van der Waals surface area (Å²) in [6.45, 7) is 5.30. The molecule has 1 aliphatic heterocycles. The fourth-order valence-electron chi connectivity index (χ4n) is 4.37. The number of ketones is 2. The molecule has 1 N–H and O–H groups in total. The predicted octanol–water partition coefficient (Wildman–Crippen LogP) is 4.04. The third kappa shape index (κ3) is 6.85. The van der Waals surface area contributed by atoms with Crippen molar-refractivity contribution in [2.75, 3.05) is 20.3 Å². The summed E-state index contributed by atoms with van der Waals surface area (Å²) in [6.07, 6.45) is 0.744. The van der Waals surface area contributed by atoms with Crippen molar-refractivity contribution in [2.24, 2.45) is 5.92 Å². The molecule has 2 unspecified atom stereocenters. The zero-order valence-corrected chi connectivity index (χ0v) is 22.2. The average Bonchev–Trinajstić information content (AvgIpc) is 3.43. The molecule has 0 radical (unpaired) electrons. The SMILES string of the molecule is CCC(=O)c1ccc(-c2ccc(C(=O)COC(=O)C3CCCN3C(=O)C(NC(=O)OC)C(C)C)cc2)cc1. The molecule has 0 spiro atoms. The fraction of sp³-hybridized carbons (Fsp3) is 0.414. The normalized spacial score (nSPS) is 15.6. The van der Waals surface area contributed by atoms with Gasteiger partial charge in [-0.2, -0.15) is 0 Å². The number of benzene rings is 2. The van der Waals surface area contributed by atoms with Crippen LogP contribution in [0.1, 0.15) is 60.7 Å². The van der Waals surface area contributed by atoms with Gasteiger partial charge in [0.05, 0.1) is 7.11 Å². The van der Waals surface area contributed by atoms with Gasteiger partial charge in [0.1, 0.15) is 12.1 Å². The third-order valence-electron chi connectivity index (χ3n) is 6.61. The number of carbonyl (C=O) groups is 5. The summed E-state index contributed by atoms with van der Waals surface area (Å²) in [5, 5.41) is 2.53. The molecule has 0 bridgehead atoms. The maximum atomic E-state index is 13.1. The van der Waals surface area contributed by atoms with Crippen molar-refractivity contribution in [1.29, 1.82) is 0 Å². The Morgan fingerprint density at radius 1 is 0.921 bits per heavy atom. The molecule has 0 aliphatic carbocycles. The van der Waals surface area contributed by atoms with Gasteiger partial charge < -0.3 is 19.7 Å². The monoisotopic (exact) mass is 522 g/mol. The Labute approximate surface area is 222 Å².